The summed E-state index contributed by atoms with van der Waals surface area (Å²) in [5.74, 6) is -0.639. The molecule has 188 valence electrons. The van der Waals surface area contributed by atoms with E-state index in [1.165, 1.54) is 17.8 Å². The Kier molecular flexibility index (Phi) is 5.92. The second-order valence-corrected chi connectivity index (χ2v) is 9.60. The molecule has 9 heteroatoms. The van der Waals surface area contributed by atoms with E-state index < -0.39 is 5.97 Å². The number of pyridine rings is 2. The van der Waals surface area contributed by atoms with E-state index in [0.29, 0.717) is 24.7 Å². The lowest BCUT2D eigenvalue weighted by atomic mass is 9.90. The zero-order valence-electron chi connectivity index (χ0n) is 20.6. The first-order valence-corrected chi connectivity index (χ1v) is 12.5. The van der Waals surface area contributed by atoms with E-state index >= 15 is 0 Å². The lowest BCUT2D eigenvalue weighted by molar-refractivity contribution is -0.129. The molecule has 37 heavy (non-hydrogen) atoms. The van der Waals surface area contributed by atoms with Crippen molar-refractivity contribution >= 4 is 22.6 Å². The third kappa shape index (κ3) is 4.25. The van der Waals surface area contributed by atoms with Crippen LogP contribution in [0.3, 0.4) is 0 Å². The maximum atomic E-state index is 12.2. The Morgan fingerprint density at radius 1 is 1.08 bits per heavy atom. The normalized spacial score (nSPS) is 16.1. The van der Waals surface area contributed by atoms with Gasteiger partial charge in [0, 0.05) is 61.5 Å². The lowest BCUT2D eigenvalue weighted by Gasteiger charge is -2.28. The van der Waals surface area contributed by atoms with Crippen LogP contribution < -0.4 is 0 Å². The highest BCUT2D eigenvalue weighted by atomic mass is 16.5. The molecule has 0 spiro atoms. The van der Waals surface area contributed by atoms with Crippen molar-refractivity contribution in [3.05, 3.63) is 71.4 Å². The van der Waals surface area contributed by atoms with Crippen LogP contribution in [0.25, 0.3) is 27.7 Å². The molecule has 6 rings (SSSR count). The van der Waals surface area contributed by atoms with Crippen LogP contribution in [-0.4, -0.2) is 61.4 Å². The van der Waals surface area contributed by atoms with Crippen LogP contribution in [0.1, 0.15) is 53.1 Å². The predicted molar refractivity (Wildman–Crippen MR) is 137 cm³/mol. The van der Waals surface area contributed by atoms with Crippen LogP contribution in [0.15, 0.2) is 48.8 Å². The fourth-order valence-corrected chi connectivity index (χ4v) is 5.38. The number of hydrogen-bond donors (Lipinski definition) is 1. The molecule has 1 fully saturated rings. The summed E-state index contributed by atoms with van der Waals surface area (Å²) in [6.07, 6.45) is 6.07. The van der Waals surface area contributed by atoms with Gasteiger partial charge in [-0.2, -0.15) is 5.10 Å². The molecule has 2 aliphatic rings. The van der Waals surface area contributed by atoms with Gasteiger partial charge in [-0.25, -0.2) is 14.5 Å². The van der Waals surface area contributed by atoms with E-state index in [0.717, 1.165) is 65.9 Å². The Morgan fingerprint density at radius 3 is 2.65 bits per heavy atom. The minimum absolute atomic E-state index is 0.00443. The molecule has 4 aromatic rings. The summed E-state index contributed by atoms with van der Waals surface area (Å²) in [5, 5.41) is 16.2. The van der Waals surface area contributed by atoms with Crippen molar-refractivity contribution in [2.24, 2.45) is 0 Å². The largest absolute Gasteiger partial charge is 0.477 e. The number of nitrogens with zero attached hydrogens (tertiary/aromatic N) is 5. The van der Waals surface area contributed by atoms with Crippen molar-refractivity contribution in [1.29, 1.82) is 0 Å². The molecular formula is C28H27N5O4. The first kappa shape index (κ1) is 23.3. The molecule has 1 aromatic carbocycles. The third-order valence-corrected chi connectivity index (χ3v) is 7.39. The first-order valence-electron chi connectivity index (χ1n) is 12.5. The van der Waals surface area contributed by atoms with E-state index in [4.69, 9.17) is 14.9 Å². The van der Waals surface area contributed by atoms with Crippen molar-refractivity contribution in [1.82, 2.24) is 24.6 Å². The van der Waals surface area contributed by atoms with Crippen molar-refractivity contribution in [2.45, 2.75) is 38.6 Å². The molecule has 5 heterocycles. The average Bonchev–Trinajstić information content (AvgIpc) is 3.31. The molecule has 0 bridgehead atoms. The molecule has 0 saturated carbocycles. The highest BCUT2D eigenvalue weighted by molar-refractivity contribution is 5.92. The monoisotopic (exact) mass is 497 g/mol. The Balaban J connectivity index is 1.44. The number of aromatic carboxylic acids is 1. The summed E-state index contributed by atoms with van der Waals surface area (Å²) in [5.41, 5.74) is 5.83. The van der Waals surface area contributed by atoms with Gasteiger partial charge in [0.2, 0.25) is 5.91 Å². The minimum atomic E-state index is -1.06. The Hall–Kier alpha value is -4.11. The maximum absolute atomic E-state index is 12.2. The smallest absolute Gasteiger partial charge is 0.354 e. The Morgan fingerprint density at radius 2 is 1.92 bits per heavy atom. The number of ether oxygens (including phenoxy) is 1. The van der Waals surface area contributed by atoms with Crippen LogP contribution in [0.4, 0.5) is 0 Å². The Labute approximate surface area is 213 Å². The van der Waals surface area contributed by atoms with E-state index in [9.17, 15) is 9.59 Å². The fraction of sp³-hybridized carbons (Fsp3) is 0.321. The van der Waals surface area contributed by atoms with Crippen LogP contribution in [0.2, 0.25) is 0 Å². The SMILES string of the molecule is CC(=O)N1CCc2c(C3CCOCC3)nn(-c3cccc4cc(-c5ccc(C(=O)O)nc5)ncc34)c2C1. The Bertz CT molecular complexity index is 1510. The van der Waals surface area contributed by atoms with Crippen molar-refractivity contribution in [2.75, 3.05) is 19.8 Å². The number of carboxylic acid groups (broad SMARTS) is 1. The number of aromatic nitrogens is 4. The predicted octanol–water partition coefficient (Wildman–Crippen LogP) is 3.98. The maximum Gasteiger partial charge on any atom is 0.354 e. The summed E-state index contributed by atoms with van der Waals surface area (Å²) < 4.78 is 7.62. The van der Waals surface area contributed by atoms with Gasteiger partial charge in [-0.1, -0.05) is 12.1 Å². The van der Waals surface area contributed by atoms with Crippen LogP contribution in [-0.2, 0) is 22.5 Å². The standard InChI is InChI=1S/C28H27N5O4/c1-17(34)32-10-7-21-26(16-32)33(31-27(21)18-8-11-37-12-9-18)25-4-2-3-19-13-24(30-15-22(19)25)20-5-6-23(28(35)36)29-14-20/h2-6,13-15,18H,7-12,16H2,1H3,(H,35,36). The molecule has 9 nitrogen and oxygen atoms in total. The first-order chi connectivity index (χ1) is 18.0. The molecule has 0 atom stereocenters. The molecule has 2 aliphatic heterocycles. The highest BCUT2D eigenvalue weighted by Crippen LogP contribution is 2.36. The van der Waals surface area contributed by atoms with Crippen LogP contribution in [0.5, 0.6) is 0 Å². The molecule has 0 radical (unpaired) electrons. The molecule has 1 N–H and O–H groups in total. The quantitative estimate of drug-likeness (QED) is 0.454. The van der Waals surface area contributed by atoms with Gasteiger partial charge in [-0.15, -0.1) is 0 Å². The number of carbonyl (C=O) groups is 2. The molecular weight excluding hydrogens is 470 g/mol. The molecule has 0 unspecified atom stereocenters. The number of hydrogen-bond acceptors (Lipinski definition) is 6. The molecule has 3 aromatic heterocycles. The van der Waals surface area contributed by atoms with Crippen molar-refractivity contribution in [3.63, 3.8) is 0 Å². The summed E-state index contributed by atoms with van der Waals surface area (Å²) in [6, 6.07) is 11.2. The number of fused-ring (bicyclic) bond motifs is 2. The molecule has 1 amide bonds. The third-order valence-electron chi connectivity index (χ3n) is 7.39. The topological polar surface area (TPSA) is 110 Å². The summed E-state index contributed by atoms with van der Waals surface area (Å²) in [4.78, 5) is 34.0. The number of rotatable bonds is 4. The van der Waals surface area contributed by atoms with Gasteiger partial charge >= 0.3 is 5.97 Å². The van der Waals surface area contributed by atoms with Crippen LogP contribution in [0, 0.1) is 0 Å². The lowest BCUT2D eigenvalue weighted by Crippen LogP contribution is -2.35. The summed E-state index contributed by atoms with van der Waals surface area (Å²) >= 11 is 0. The number of carbonyl (C=O) groups excluding carboxylic acids is 1. The fourth-order valence-electron chi connectivity index (χ4n) is 5.38. The molecule has 1 saturated heterocycles. The number of carboxylic acids is 1. The van der Waals surface area contributed by atoms with Gasteiger partial charge in [0.1, 0.15) is 5.69 Å². The molecule has 0 aliphatic carbocycles. The van der Waals surface area contributed by atoms with Gasteiger partial charge in [0.05, 0.1) is 29.3 Å². The second kappa shape index (κ2) is 9.40. The summed E-state index contributed by atoms with van der Waals surface area (Å²) in [7, 11) is 0. The zero-order chi connectivity index (χ0) is 25.5. The van der Waals surface area contributed by atoms with E-state index in [2.05, 4.69) is 9.97 Å². The van der Waals surface area contributed by atoms with Gasteiger partial charge < -0.3 is 14.7 Å². The van der Waals surface area contributed by atoms with E-state index in [1.54, 1.807) is 13.0 Å². The van der Waals surface area contributed by atoms with Crippen LogP contribution >= 0.6 is 0 Å². The van der Waals surface area contributed by atoms with E-state index in [-0.39, 0.29) is 11.6 Å². The van der Waals surface area contributed by atoms with Gasteiger partial charge in [0.25, 0.3) is 0 Å². The van der Waals surface area contributed by atoms with Crippen molar-refractivity contribution in [3.8, 4) is 16.9 Å². The highest BCUT2D eigenvalue weighted by Gasteiger charge is 2.31. The summed E-state index contributed by atoms with van der Waals surface area (Å²) in [6.45, 7) is 4.35. The van der Waals surface area contributed by atoms with Gasteiger partial charge in [-0.3, -0.25) is 9.78 Å². The zero-order valence-corrected chi connectivity index (χ0v) is 20.6. The minimum Gasteiger partial charge on any atom is -0.477 e. The van der Waals surface area contributed by atoms with E-state index in [1.807, 2.05) is 40.0 Å². The number of benzene rings is 1. The van der Waals surface area contributed by atoms with Gasteiger partial charge in [-0.05, 0) is 48.9 Å². The van der Waals surface area contributed by atoms with Gasteiger partial charge in [0.15, 0.2) is 0 Å². The average molecular weight is 498 g/mol. The van der Waals surface area contributed by atoms with Crippen molar-refractivity contribution < 1.29 is 19.4 Å². The number of amides is 1. The second-order valence-electron chi connectivity index (χ2n) is 9.60.